The van der Waals surface area contributed by atoms with Gasteiger partial charge in [0.05, 0.1) is 11.3 Å². The van der Waals surface area contributed by atoms with Gasteiger partial charge >= 0.3 is 0 Å². The van der Waals surface area contributed by atoms with Crippen molar-refractivity contribution in [1.29, 1.82) is 0 Å². The van der Waals surface area contributed by atoms with Gasteiger partial charge in [-0.15, -0.1) is 0 Å². The van der Waals surface area contributed by atoms with Crippen LogP contribution < -0.4 is 5.32 Å². The third-order valence-electron chi connectivity index (χ3n) is 4.60. The summed E-state index contributed by atoms with van der Waals surface area (Å²) in [5, 5.41) is 14.1. The molecular formula is C15H19N3O3. The number of rotatable bonds is 3. The van der Waals surface area contributed by atoms with Crippen molar-refractivity contribution in [2.45, 2.75) is 19.3 Å². The highest BCUT2D eigenvalue weighted by Gasteiger charge is 2.41. The molecule has 1 spiro atoms. The Bertz CT molecular complexity index is 567. The number of nitrogens with one attached hydrogen (secondary N) is 1. The third kappa shape index (κ3) is 2.90. The number of nitro benzene ring substituents is 1. The summed E-state index contributed by atoms with van der Waals surface area (Å²) in [6.45, 7) is 3.64. The number of hydrogen-bond donors (Lipinski definition) is 1. The molecule has 1 atom stereocenters. The first-order valence-corrected chi connectivity index (χ1v) is 7.30. The molecule has 2 heterocycles. The van der Waals surface area contributed by atoms with Crippen molar-refractivity contribution in [1.82, 2.24) is 10.2 Å². The lowest BCUT2D eigenvalue weighted by Gasteiger charge is -2.22. The minimum atomic E-state index is -0.428. The molecule has 0 saturated carbocycles. The Hall–Kier alpha value is -1.95. The number of carbonyl (C=O) groups is 1. The first-order valence-electron chi connectivity index (χ1n) is 7.30. The molecule has 2 fully saturated rings. The minimum absolute atomic E-state index is 0.0400. The van der Waals surface area contributed by atoms with Gasteiger partial charge in [0.1, 0.15) is 0 Å². The van der Waals surface area contributed by atoms with Crippen LogP contribution in [0.1, 0.15) is 18.4 Å². The van der Waals surface area contributed by atoms with Crippen molar-refractivity contribution in [2.75, 3.05) is 26.2 Å². The SMILES string of the molecule is O=C(Cc1cccc([N+](=O)[O-])c1)N1CCC2(CCNC2)C1. The highest BCUT2D eigenvalue weighted by molar-refractivity contribution is 5.79. The van der Waals surface area contributed by atoms with E-state index in [4.69, 9.17) is 0 Å². The Morgan fingerprint density at radius 2 is 2.29 bits per heavy atom. The Labute approximate surface area is 123 Å². The van der Waals surface area contributed by atoms with Crippen LogP contribution in [-0.4, -0.2) is 41.9 Å². The van der Waals surface area contributed by atoms with Gasteiger partial charge in [-0.05, 0) is 24.9 Å². The Balaban J connectivity index is 1.64. The highest BCUT2D eigenvalue weighted by atomic mass is 16.6. The number of likely N-dealkylation sites (tertiary alicyclic amines) is 1. The average Bonchev–Trinajstić information content (AvgIpc) is 3.10. The molecule has 1 N–H and O–H groups in total. The number of nitro groups is 1. The van der Waals surface area contributed by atoms with Crippen molar-refractivity contribution in [3.05, 3.63) is 39.9 Å². The van der Waals surface area contributed by atoms with Gasteiger partial charge in [-0.3, -0.25) is 14.9 Å². The van der Waals surface area contributed by atoms with E-state index in [1.165, 1.54) is 12.1 Å². The van der Waals surface area contributed by atoms with Crippen LogP contribution in [0.2, 0.25) is 0 Å². The quantitative estimate of drug-likeness (QED) is 0.673. The Kier molecular flexibility index (Phi) is 3.63. The first-order chi connectivity index (χ1) is 10.1. The summed E-state index contributed by atoms with van der Waals surface area (Å²) >= 11 is 0. The molecule has 0 radical (unpaired) electrons. The first kappa shape index (κ1) is 14.0. The van der Waals surface area contributed by atoms with E-state index in [2.05, 4.69) is 5.32 Å². The molecule has 21 heavy (non-hydrogen) atoms. The lowest BCUT2D eigenvalue weighted by atomic mass is 9.86. The largest absolute Gasteiger partial charge is 0.342 e. The van der Waals surface area contributed by atoms with Crippen molar-refractivity contribution < 1.29 is 9.72 Å². The maximum Gasteiger partial charge on any atom is 0.269 e. The summed E-state index contributed by atoms with van der Waals surface area (Å²) in [6.07, 6.45) is 2.43. The predicted octanol–water partition coefficient (Wildman–Crippen LogP) is 1.35. The van der Waals surface area contributed by atoms with E-state index < -0.39 is 4.92 Å². The van der Waals surface area contributed by atoms with Crippen LogP contribution in [-0.2, 0) is 11.2 Å². The maximum atomic E-state index is 12.4. The van der Waals surface area contributed by atoms with Crippen LogP contribution in [0, 0.1) is 15.5 Å². The second-order valence-electron chi connectivity index (χ2n) is 6.10. The van der Waals surface area contributed by atoms with E-state index in [1.807, 2.05) is 4.90 Å². The second kappa shape index (κ2) is 5.44. The molecule has 2 aliphatic rings. The van der Waals surface area contributed by atoms with Gasteiger partial charge < -0.3 is 10.2 Å². The van der Waals surface area contributed by atoms with Gasteiger partial charge in [0, 0.05) is 37.2 Å². The van der Waals surface area contributed by atoms with Gasteiger partial charge in [-0.1, -0.05) is 12.1 Å². The fourth-order valence-corrected chi connectivity index (χ4v) is 3.36. The summed E-state index contributed by atoms with van der Waals surface area (Å²) in [5.74, 6) is 0.0688. The zero-order chi connectivity index (χ0) is 14.9. The van der Waals surface area contributed by atoms with E-state index in [-0.39, 0.29) is 23.4 Å². The van der Waals surface area contributed by atoms with Crippen molar-refractivity contribution in [2.24, 2.45) is 5.41 Å². The zero-order valence-corrected chi connectivity index (χ0v) is 11.9. The van der Waals surface area contributed by atoms with E-state index in [1.54, 1.807) is 12.1 Å². The van der Waals surface area contributed by atoms with E-state index in [0.29, 0.717) is 5.56 Å². The number of hydrogen-bond acceptors (Lipinski definition) is 4. The second-order valence-corrected chi connectivity index (χ2v) is 6.10. The average molecular weight is 289 g/mol. The number of non-ortho nitro benzene ring substituents is 1. The topological polar surface area (TPSA) is 75.5 Å². The van der Waals surface area contributed by atoms with E-state index in [9.17, 15) is 14.9 Å². The molecule has 6 heteroatoms. The predicted molar refractivity (Wildman–Crippen MR) is 77.9 cm³/mol. The molecule has 2 saturated heterocycles. The molecular weight excluding hydrogens is 270 g/mol. The van der Waals surface area contributed by atoms with E-state index in [0.717, 1.165) is 39.0 Å². The van der Waals surface area contributed by atoms with Gasteiger partial charge in [-0.25, -0.2) is 0 Å². The van der Waals surface area contributed by atoms with Crippen LogP contribution in [0.4, 0.5) is 5.69 Å². The smallest absolute Gasteiger partial charge is 0.269 e. The number of benzene rings is 1. The Morgan fingerprint density at radius 1 is 1.43 bits per heavy atom. The zero-order valence-electron chi connectivity index (χ0n) is 11.9. The third-order valence-corrected chi connectivity index (χ3v) is 4.60. The van der Waals surface area contributed by atoms with Crippen molar-refractivity contribution >= 4 is 11.6 Å². The molecule has 3 rings (SSSR count). The monoisotopic (exact) mass is 289 g/mol. The molecule has 1 unspecified atom stereocenters. The molecule has 112 valence electrons. The number of carbonyl (C=O) groups excluding carboxylic acids is 1. The van der Waals surface area contributed by atoms with Crippen LogP contribution in [0.3, 0.4) is 0 Å². The summed E-state index contributed by atoms with van der Waals surface area (Å²) < 4.78 is 0. The fraction of sp³-hybridized carbons (Fsp3) is 0.533. The van der Waals surface area contributed by atoms with Crippen LogP contribution >= 0.6 is 0 Å². The lowest BCUT2D eigenvalue weighted by molar-refractivity contribution is -0.384. The lowest BCUT2D eigenvalue weighted by Crippen LogP contribution is -2.34. The van der Waals surface area contributed by atoms with E-state index >= 15 is 0 Å². The molecule has 1 aromatic carbocycles. The molecule has 6 nitrogen and oxygen atoms in total. The standard InChI is InChI=1S/C15H19N3O3/c19-14(9-12-2-1-3-13(8-12)18(20)21)17-7-5-15(11-17)4-6-16-10-15/h1-3,8,16H,4-7,9-11H2. The van der Waals surface area contributed by atoms with Crippen LogP contribution in [0.15, 0.2) is 24.3 Å². The highest BCUT2D eigenvalue weighted by Crippen LogP contribution is 2.36. The molecule has 0 aliphatic carbocycles. The van der Waals surface area contributed by atoms with Crippen LogP contribution in [0.25, 0.3) is 0 Å². The van der Waals surface area contributed by atoms with Gasteiger partial charge in [0.2, 0.25) is 5.91 Å². The van der Waals surface area contributed by atoms with Crippen LogP contribution in [0.5, 0.6) is 0 Å². The molecule has 0 aromatic heterocycles. The molecule has 2 aliphatic heterocycles. The molecule has 1 aromatic rings. The number of nitrogens with zero attached hydrogens (tertiary/aromatic N) is 2. The summed E-state index contributed by atoms with van der Waals surface area (Å²) in [6, 6.07) is 6.34. The summed E-state index contributed by atoms with van der Waals surface area (Å²) in [5.41, 5.74) is 1.01. The van der Waals surface area contributed by atoms with Crippen molar-refractivity contribution in [3.8, 4) is 0 Å². The summed E-state index contributed by atoms with van der Waals surface area (Å²) in [7, 11) is 0. The van der Waals surface area contributed by atoms with Gasteiger partial charge in [0.25, 0.3) is 5.69 Å². The molecule has 0 bridgehead atoms. The Morgan fingerprint density at radius 3 is 3.00 bits per heavy atom. The number of amides is 1. The maximum absolute atomic E-state index is 12.4. The normalized spacial score (nSPS) is 24.7. The molecule has 1 amide bonds. The van der Waals surface area contributed by atoms with Crippen molar-refractivity contribution in [3.63, 3.8) is 0 Å². The fourth-order valence-electron chi connectivity index (χ4n) is 3.36. The summed E-state index contributed by atoms with van der Waals surface area (Å²) in [4.78, 5) is 24.6. The van der Waals surface area contributed by atoms with Gasteiger partial charge in [0.15, 0.2) is 0 Å². The van der Waals surface area contributed by atoms with Gasteiger partial charge in [-0.2, -0.15) is 0 Å². The minimum Gasteiger partial charge on any atom is -0.342 e.